The first kappa shape index (κ1) is 21.1. The molecule has 0 saturated heterocycles. The summed E-state index contributed by atoms with van der Waals surface area (Å²) in [4.78, 5) is 36.0. The predicted molar refractivity (Wildman–Crippen MR) is 108 cm³/mol. The van der Waals surface area contributed by atoms with E-state index in [2.05, 4.69) is 25.0 Å². The van der Waals surface area contributed by atoms with E-state index in [0.717, 1.165) is 17.3 Å². The summed E-state index contributed by atoms with van der Waals surface area (Å²) in [6, 6.07) is 13.4. The number of nitrogens with zero attached hydrogens (tertiary/aromatic N) is 2. The van der Waals surface area contributed by atoms with Crippen LogP contribution in [0, 0.1) is 0 Å². The molecule has 0 fully saturated rings. The fraction of sp³-hybridized carbons (Fsp3) is 0.150. The van der Waals surface area contributed by atoms with Gasteiger partial charge in [0, 0.05) is 11.3 Å². The molecular formula is C20H17N3O6S. The van der Waals surface area contributed by atoms with E-state index in [1.54, 1.807) is 0 Å². The fourth-order valence-corrected chi connectivity index (χ4v) is 3.02. The van der Waals surface area contributed by atoms with Gasteiger partial charge < -0.3 is 19.2 Å². The maximum absolute atomic E-state index is 12.3. The Bertz CT molecular complexity index is 1030. The zero-order chi connectivity index (χ0) is 21.5. The molecule has 9 nitrogen and oxygen atoms in total. The van der Waals surface area contributed by atoms with Crippen LogP contribution in [0.25, 0.3) is 11.5 Å². The normalized spacial score (nSPS) is 10.3. The van der Waals surface area contributed by atoms with Gasteiger partial charge in [0.05, 0.1) is 31.1 Å². The van der Waals surface area contributed by atoms with Crippen molar-refractivity contribution in [2.75, 3.05) is 25.3 Å². The SMILES string of the molecule is COC(=O)c1cc(NC(=O)CSc2nnc(-c3ccccc3)o2)cc(C(=O)OC)c1. The minimum Gasteiger partial charge on any atom is -0.465 e. The van der Waals surface area contributed by atoms with Crippen molar-refractivity contribution in [1.29, 1.82) is 0 Å². The lowest BCUT2D eigenvalue weighted by Gasteiger charge is -2.09. The third-order valence-corrected chi connectivity index (χ3v) is 4.63. The Balaban J connectivity index is 1.66. The highest BCUT2D eigenvalue weighted by atomic mass is 32.2. The van der Waals surface area contributed by atoms with Crippen LogP contribution in [0.1, 0.15) is 20.7 Å². The summed E-state index contributed by atoms with van der Waals surface area (Å²) >= 11 is 1.06. The summed E-state index contributed by atoms with van der Waals surface area (Å²) in [5.41, 5.74) is 1.23. The van der Waals surface area contributed by atoms with Crippen molar-refractivity contribution in [3.8, 4) is 11.5 Å². The second-order valence-corrected chi connectivity index (χ2v) is 6.78. The molecule has 0 unspecified atom stereocenters. The van der Waals surface area contributed by atoms with E-state index in [-0.39, 0.29) is 27.8 Å². The number of nitrogens with one attached hydrogen (secondary N) is 1. The van der Waals surface area contributed by atoms with Crippen molar-refractivity contribution < 1.29 is 28.3 Å². The predicted octanol–water partition coefficient (Wildman–Crippen LogP) is 3.04. The van der Waals surface area contributed by atoms with E-state index in [1.807, 2.05) is 30.3 Å². The topological polar surface area (TPSA) is 121 Å². The molecule has 0 spiro atoms. The Morgan fingerprint density at radius 1 is 0.967 bits per heavy atom. The summed E-state index contributed by atoms with van der Waals surface area (Å²) in [5.74, 6) is -1.36. The molecule has 0 bridgehead atoms. The number of aromatic nitrogens is 2. The van der Waals surface area contributed by atoms with Crippen molar-refractivity contribution in [2.24, 2.45) is 0 Å². The van der Waals surface area contributed by atoms with Crippen LogP contribution in [0.15, 0.2) is 58.2 Å². The van der Waals surface area contributed by atoms with Crippen LogP contribution in [-0.2, 0) is 14.3 Å². The van der Waals surface area contributed by atoms with Crippen LogP contribution in [0.4, 0.5) is 5.69 Å². The molecule has 0 radical (unpaired) electrons. The Labute approximate surface area is 175 Å². The summed E-state index contributed by atoms with van der Waals surface area (Å²) in [5, 5.41) is 10.7. The standard InChI is InChI=1S/C20H17N3O6S/c1-27-18(25)13-8-14(19(26)28-2)10-15(9-13)21-16(24)11-30-20-23-22-17(29-20)12-6-4-3-5-7-12/h3-10H,11H2,1-2H3,(H,21,24). The minimum absolute atomic E-state index is 0.0214. The zero-order valence-electron chi connectivity index (χ0n) is 16.1. The van der Waals surface area contributed by atoms with Crippen LogP contribution < -0.4 is 5.32 Å². The Hall–Kier alpha value is -3.66. The van der Waals surface area contributed by atoms with Gasteiger partial charge in [-0.2, -0.15) is 0 Å². The smallest absolute Gasteiger partial charge is 0.337 e. The van der Waals surface area contributed by atoms with Gasteiger partial charge in [-0.1, -0.05) is 30.0 Å². The molecule has 154 valence electrons. The first-order valence-electron chi connectivity index (χ1n) is 8.63. The van der Waals surface area contributed by atoms with E-state index >= 15 is 0 Å². The van der Waals surface area contributed by atoms with Crippen LogP contribution in [0.2, 0.25) is 0 Å². The fourth-order valence-electron chi connectivity index (χ4n) is 2.46. The highest BCUT2D eigenvalue weighted by molar-refractivity contribution is 7.99. The van der Waals surface area contributed by atoms with Gasteiger partial charge in [-0.05, 0) is 30.3 Å². The molecule has 1 heterocycles. The minimum atomic E-state index is -0.648. The molecule has 0 aliphatic rings. The van der Waals surface area contributed by atoms with Crippen molar-refractivity contribution in [1.82, 2.24) is 10.2 Å². The number of hydrogen-bond acceptors (Lipinski definition) is 9. The number of hydrogen-bond donors (Lipinski definition) is 1. The first-order chi connectivity index (χ1) is 14.5. The molecular weight excluding hydrogens is 410 g/mol. The highest BCUT2D eigenvalue weighted by Crippen LogP contribution is 2.23. The maximum Gasteiger partial charge on any atom is 0.337 e. The maximum atomic E-state index is 12.3. The summed E-state index contributed by atoms with van der Waals surface area (Å²) in [6.07, 6.45) is 0. The zero-order valence-corrected chi connectivity index (χ0v) is 16.9. The second kappa shape index (κ2) is 9.70. The molecule has 1 amide bonds. The van der Waals surface area contributed by atoms with Gasteiger partial charge in [0.2, 0.25) is 11.8 Å². The number of carbonyl (C=O) groups excluding carboxylic acids is 3. The lowest BCUT2D eigenvalue weighted by atomic mass is 10.1. The Morgan fingerprint density at radius 2 is 1.60 bits per heavy atom. The molecule has 0 atom stereocenters. The second-order valence-electron chi connectivity index (χ2n) is 5.86. The Morgan fingerprint density at radius 3 is 2.20 bits per heavy atom. The lowest BCUT2D eigenvalue weighted by Crippen LogP contribution is -2.16. The average Bonchev–Trinajstić information content (AvgIpc) is 3.26. The molecule has 2 aromatic carbocycles. The van der Waals surface area contributed by atoms with Crippen LogP contribution >= 0.6 is 11.8 Å². The molecule has 30 heavy (non-hydrogen) atoms. The van der Waals surface area contributed by atoms with Gasteiger partial charge in [-0.3, -0.25) is 4.79 Å². The van der Waals surface area contributed by atoms with Crippen molar-refractivity contribution in [3.05, 3.63) is 59.7 Å². The third-order valence-electron chi connectivity index (χ3n) is 3.81. The highest BCUT2D eigenvalue weighted by Gasteiger charge is 2.16. The van der Waals surface area contributed by atoms with E-state index in [9.17, 15) is 14.4 Å². The van der Waals surface area contributed by atoms with Crippen LogP contribution in [-0.4, -0.2) is 48.0 Å². The quantitative estimate of drug-likeness (QED) is 0.448. The molecule has 1 N–H and O–H groups in total. The summed E-state index contributed by atoms with van der Waals surface area (Å²) in [6.45, 7) is 0. The average molecular weight is 427 g/mol. The number of thioether (sulfide) groups is 1. The van der Waals surface area contributed by atoms with Gasteiger partial charge >= 0.3 is 11.9 Å². The van der Waals surface area contributed by atoms with Gasteiger partial charge in [-0.15, -0.1) is 10.2 Å². The van der Waals surface area contributed by atoms with E-state index in [4.69, 9.17) is 4.42 Å². The van der Waals surface area contributed by atoms with Gasteiger partial charge in [0.25, 0.3) is 5.22 Å². The number of anilines is 1. The summed E-state index contributed by atoms with van der Waals surface area (Å²) < 4.78 is 14.9. The number of benzene rings is 2. The Kier molecular flexibility index (Phi) is 6.81. The van der Waals surface area contributed by atoms with Gasteiger partial charge in [0.15, 0.2) is 0 Å². The van der Waals surface area contributed by atoms with Crippen LogP contribution in [0.5, 0.6) is 0 Å². The number of methoxy groups -OCH3 is 2. The van der Waals surface area contributed by atoms with E-state index in [0.29, 0.717) is 5.89 Å². The van der Waals surface area contributed by atoms with Crippen LogP contribution in [0.3, 0.4) is 0 Å². The molecule has 0 aliphatic carbocycles. The molecule has 1 aromatic heterocycles. The van der Waals surface area contributed by atoms with E-state index < -0.39 is 17.8 Å². The lowest BCUT2D eigenvalue weighted by molar-refractivity contribution is -0.113. The first-order valence-corrected chi connectivity index (χ1v) is 9.62. The molecule has 3 aromatic rings. The third kappa shape index (κ3) is 5.23. The number of esters is 2. The number of rotatable bonds is 7. The van der Waals surface area contributed by atoms with Gasteiger partial charge in [-0.25, -0.2) is 9.59 Å². The number of amides is 1. The monoisotopic (exact) mass is 427 g/mol. The molecule has 0 saturated carbocycles. The number of carbonyl (C=O) groups is 3. The number of ether oxygens (including phenoxy) is 2. The van der Waals surface area contributed by atoms with Crippen molar-refractivity contribution in [2.45, 2.75) is 5.22 Å². The van der Waals surface area contributed by atoms with Crippen molar-refractivity contribution in [3.63, 3.8) is 0 Å². The summed E-state index contributed by atoms with van der Waals surface area (Å²) in [7, 11) is 2.44. The van der Waals surface area contributed by atoms with Crippen molar-refractivity contribution >= 4 is 35.3 Å². The van der Waals surface area contributed by atoms with Gasteiger partial charge in [0.1, 0.15) is 0 Å². The largest absolute Gasteiger partial charge is 0.465 e. The molecule has 0 aliphatic heterocycles. The molecule has 10 heteroatoms. The van der Waals surface area contributed by atoms with E-state index in [1.165, 1.54) is 32.4 Å². The molecule has 3 rings (SSSR count).